The molecule has 1 aliphatic rings. The van der Waals surface area contributed by atoms with Crippen LogP contribution in [0.1, 0.15) is 26.7 Å². The molecule has 0 radical (unpaired) electrons. The first-order valence-electron chi connectivity index (χ1n) is 5.87. The zero-order valence-electron chi connectivity index (χ0n) is 10.0. The second-order valence-corrected chi connectivity index (χ2v) is 4.28. The summed E-state index contributed by atoms with van der Waals surface area (Å²) in [5.41, 5.74) is 0. The molecule has 0 aromatic carbocycles. The summed E-state index contributed by atoms with van der Waals surface area (Å²) in [5.74, 6) is 0.183. The highest BCUT2D eigenvalue weighted by atomic mass is 16.2. The number of hydrogen-bond donors (Lipinski definition) is 2. The molecule has 1 saturated heterocycles. The van der Waals surface area contributed by atoms with Gasteiger partial charge in [0.1, 0.15) is 0 Å². The summed E-state index contributed by atoms with van der Waals surface area (Å²) in [5, 5.41) is 6.72. The summed E-state index contributed by atoms with van der Waals surface area (Å²) < 4.78 is 0. The van der Waals surface area contributed by atoms with Crippen LogP contribution in [0, 0.1) is 0 Å². The molecule has 15 heavy (non-hydrogen) atoms. The Bertz CT molecular complexity index is 202. The van der Waals surface area contributed by atoms with Crippen molar-refractivity contribution in [1.82, 2.24) is 15.5 Å². The van der Waals surface area contributed by atoms with Crippen LogP contribution >= 0.6 is 0 Å². The second kappa shape index (κ2) is 6.08. The highest BCUT2D eigenvalue weighted by Crippen LogP contribution is 2.03. The van der Waals surface area contributed by atoms with Crippen LogP contribution in [0.2, 0.25) is 0 Å². The van der Waals surface area contributed by atoms with Crippen LogP contribution in [0.3, 0.4) is 0 Å². The maximum Gasteiger partial charge on any atom is 0.239 e. The van der Waals surface area contributed by atoms with Crippen molar-refractivity contribution in [3.8, 4) is 0 Å². The molecule has 2 N–H and O–H groups in total. The quantitative estimate of drug-likeness (QED) is 0.701. The molecule has 2 unspecified atom stereocenters. The van der Waals surface area contributed by atoms with Gasteiger partial charge >= 0.3 is 0 Å². The zero-order chi connectivity index (χ0) is 11.3. The fraction of sp³-hybridized carbons (Fsp3) is 0.909. The summed E-state index contributed by atoms with van der Waals surface area (Å²) in [6.45, 7) is 6.80. The number of likely N-dealkylation sites (N-methyl/N-ethyl adjacent to an activating group) is 1. The fourth-order valence-electron chi connectivity index (χ4n) is 1.91. The van der Waals surface area contributed by atoms with Crippen LogP contribution in [-0.2, 0) is 4.79 Å². The van der Waals surface area contributed by atoms with Gasteiger partial charge in [-0.3, -0.25) is 4.79 Å². The van der Waals surface area contributed by atoms with E-state index in [2.05, 4.69) is 10.6 Å². The summed E-state index contributed by atoms with van der Waals surface area (Å²) in [6.07, 6.45) is 2.36. The lowest BCUT2D eigenvalue weighted by atomic mass is 10.1. The second-order valence-electron chi connectivity index (χ2n) is 4.28. The van der Waals surface area contributed by atoms with Gasteiger partial charge in [0, 0.05) is 26.2 Å². The Hall–Kier alpha value is -0.610. The third-order valence-corrected chi connectivity index (χ3v) is 3.00. The van der Waals surface area contributed by atoms with E-state index < -0.39 is 0 Å². The van der Waals surface area contributed by atoms with Gasteiger partial charge in [-0.1, -0.05) is 0 Å². The van der Waals surface area contributed by atoms with E-state index in [1.807, 2.05) is 20.9 Å². The van der Waals surface area contributed by atoms with Crippen molar-refractivity contribution in [3.63, 3.8) is 0 Å². The normalized spacial score (nSPS) is 23.5. The number of nitrogens with zero attached hydrogens (tertiary/aromatic N) is 1. The lowest BCUT2D eigenvalue weighted by molar-refractivity contribution is -0.131. The number of nitrogens with one attached hydrogen (secondary N) is 2. The summed E-state index contributed by atoms with van der Waals surface area (Å²) >= 11 is 0. The van der Waals surface area contributed by atoms with Crippen LogP contribution < -0.4 is 10.6 Å². The topological polar surface area (TPSA) is 44.4 Å². The Morgan fingerprint density at radius 2 is 2.40 bits per heavy atom. The monoisotopic (exact) mass is 213 g/mol. The summed E-state index contributed by atoms with van der Waals surface area (Å²) in [4.78, 5) is 13.5. The minimum absolute atomic E-state index is 0.0696. The molecule has 1 fully saturated rings. The van der Waals surface area contributed by atoms with E-state index in [1.165, 1.54) is 12.8 Å². The van der Waals surface area contributed by atoms with Gasteiger partial charge in [0.2, 0.25) is 5.91 Å². The molecule has 4 nitrogen and oxygen atoms in total. The first-order valence-corrected chi connectivity index (χ1v) is 5.87. The van der Waals surface area contributed by atoms with Crippen molar-refractivity contribution < 1.29 is 4.79 Å². The molecule has 0 bridgehead atoms. The minimum Gasteiger partial charge on any atom is -0.345 e. The van der Waals surface area contributed by atoms with Gasteiger partial charge in [-0.2, -0.15) is 0 Å². The number of hydrogen-bond acceptors (Lipinski definition) is 3. The molecule has 1 heterocycles. The van der Waals surface area contributed by atoms with Crippen molar-refractivity contribution in [3.05, 3.63) is 0 Å². The molecule has 4 heteroatoms. The van der Waals surface area contributed by atoms with Crippen molar-refractivity contribution in [2.75, 3.05) is 26.7 Å². The molecule has 1 aliphatic heterocycles. The molecule has 1 rings (SSSR count). The average Bonchev–Trinajstić information content (AvgIpc) is 2.28. The van der Waals surface area contributed by atoms with Gasteiger partial charge in [0.25, 0.3) is 0 Å². The molecular formula is C11H23N3O. The Balaban J connectivity index is 2.33. The fourth-order valence-corrected chi connectivity index (χ4v) is 1.91. The van der Waals surface area contributed by atoms with Crippen molar-refractivity contribution >= 4 is 5.91 Å². The van der Waals surface area contributed by atoms with Crippen LogP contribution in [-0.4, -0.2) is 49.6 Å². The van der Waals surface area contributed by atoms with Crippen molar-refractivity contribution in [1.29, 1.82) is 0 Å². The van der Waals surface area contributed by atoms with E-state index >= 15 is 0 Å². The molecule has 0 saturated carbocycles. The van der Waals surface area contributed by atoms with E-state index in [9.17, 15) is 4.79 Å². The maximum atomic E-state index is 11.8. The number of amides is 1. The van der Waals surface area contributed by atoms with Gasteiger partial charge < -0.3 is 15.5 Å². The van der Waals surface area contributed by atoms with Crippen LogP contribution in [0.4, 0.5) is 0 Å². The first-order chi connectivity index (χ1) is 7.15. The molecular weight excluding hydrogens is 190 g/mol. The molecule has 1 amide bonds. The SMILES string of the molecule is CCN(C)C(=O)C(C)NC1CCCNC1. The molecule has 0 aromatic rings. The van der Waals surface area contributed by atoms with Crippen molar-refractivity contribution in [2.45, 2.75) is 38.8 Å². The number of carbonyl (C=O) groups is 1. The predicted molar refractivity (Wildman–Crippen MR) is 61.8 cm³/mol. The van der Waals surface area contributed by atoms with E-state index in [4.69, 9.17) is 0 Å². The molecule has 0 aliphatic carbocycles. The summed E-state index contributed by atoms with van der Waals surface area (Å²) in [7, 11) is 1.85. The first kappa shape index (κ1) is 12.5. The van der Waals surface area contributed by atoms with Crippen LogP contribution in [0.5, 0.6) is 0 Å². The largest absolute Gasteiger partial charge is 0.345 e. The van der Waals surface area contributed by atoms with Gasteiger partial charge in [-0.25, -0.2) is 0 Å². The van der Waals surface area contributed by atoms with E-state index in [0.29, 0.717) is 6.04 Å². The van der Waals surface area contributed by atoms with E-state index in [1.54, 1.807) is 4.90 Å². The number of rotatable bonds is 4. The van der Waals surface area contributed by atoms with Gasteiger partial charge in [-0.05, 0) is 33.2 Å². The van der Waals surface area contributed by atoms with Crippen LogP contribution in [0.15, 0.2) is 0 Å². The maximum absolute atomic E-state index is 11.8. The van der Waals surface area contributed by atoms with Gasteiger partial charge in [0.05, 0.1) is 6.04 Å². The molecule has 2 atom stereocenters. The summed E-state index contributed by atoms with van der Waals surface area (Å²) in [6, 6.07) is 0.378. The molecule has 0 aromatic heterocycles. The van der Waals surface area contributed by atoms with E-state index in [-0.39, 0.29) is 11.9 Å². The Morgan fingerprint density at radius 1 is 1.67 bits per heavy atom. The molecule has 0 spiro atoms. The lowest BCUT2D eigenvalue weighted by Crippen LogP contribution is -2.51. The predicted octanol–water partition coefficient (Wildman–Crippen LogP) is 0.195. The zero-order valence-corrected chi connectivity index (χ0v) is 10.0. The molecule has 88 valence electrons. The third-order valence-electron chi connectivity index (χ3n) is 3.00. The Kier molecular flexibility index (Phi) is 5.05. The van der Waals surface area contributed by atoms with Crippen molar-refractivity contribution in [2.24, 2.45) is 0 Å². The third kappa shape index (κ3) is 3.80. The van der Waals surface area contributed by atoms with E-state index in [0.717, 1.165) is 19.6 Å². The van der Waals surface area contributed by atoms with Gasteiger partial charge in [-0.15, -0.1) is 0 Å². The highest BCUT2D eigenvalue weighted by molar-refractivity contribution is 5.81. The average molecular weight is 213 g/mol. The Morgan fingerprint density at radius 3 is 2.93 bits per heavy atom. The van der Waals surface area contributed by atoms with Crippen LogP contribution in [0.25, 0.3) is 0 Å². The lowest BCUT2D eigenvalue weighted by Gasteiger charge is -2.28. The number of carbonyl (C=O) groups excluding carboxylic acids is 1. The number of piperidine rings is 1. The van der Waals surface area contributed by atoms with Gasteiger partial charge in [0.15, 0.2) is 0 Å². The minimum atomic E-state index is -0.0696. The highest BCUT2D eigenvalue weighted by Gasteiger charge is 2.21. The Labute approximate surface area is 92.4 Å². The standard InChI is InChI=1S/C11H23N3O/c1-4-14(3)11(15)9(2)13-10-6-5-7-12-8-10/h9-10,12-13H,4-8H2,1-3H3. The smallest absolute Gasteiger partial charge is 0.239 e.